The number of aromatic nitrogens is 1. The van der Waals surface area contributed by atoms with Gasteiger partial charge in [-0.1, -0.05) is 6.92 Å². The highest BCUT2D eigenvalue weighted by molar-refractivity contribution is 5.47. The van der Waals surface area contributed by atoms with Crippen LogP contribution in [0.25, 0.3) is 0 Å². The topological polar surface area (TPSA) is 31.4 Å². The van der Waals surface area contributed by atoms with Crippen molar-refractivity contribution >= 4 is 5.82 Å². The van der Waals surface area contributed by atoms with Crippen LogP contribution in [0.4, 0.5) is 10.2 Å². The van der Waals surface area contributed by atoms with Crippen molar-refractivity contribution in [2.24, 2.45) is 0 Å². The maximum atomic E-state index is 13.5. The predicted molar refractivity (Wildman–Crippen MR) is 78.4 cm³/mol. The Balaban J connectivity index is 1.70. The van der Waals surface area contributed by atoms with Crippen molar-refractivity contribution < 1.29 is 4.39 Å². The molecule has 20 heavy (non-hydrogen) atoms. The van der Waals surface area contributed by atoms with Gasteiger partial charge in [0.25, 0.3) is 0 Å². The first-order valence-corrected chi connectivity index (χ1v) is 7.61. The fourth-order valence-electron chi connectivity index (χ4n) is 2.71. The fourth-order valence-corrected chi connectivity index (χ4v) is 2.71. The van der Waals surface area contributed by atoms with Crippen LogP contribution >= 0.6 is 0 Å². The van der Waals surface area contributed by atoms with Crippen molar-refractivity contribution in [1.82, 2.24) is 15.2 Å². The molecule has 110 valence electrons. The molecular weight excluding hydrogens is 255 g/mol. The molecule has 1 N–H and O–H groups in total. The summed E-state index contributed by atoms with van der Waals surface area (Å²) in [5.41, 5.74) is 0.988. The summed E-state index contributed by atoms with van der Waals surface area (Å²) in [5.74, 6) is 0.712. The Kier molecular flexibility index (Phi) is 4.17. The van der Waals surface area contributed by atoms with Gasteiger partial charge in [-0.2, -0.15) is 0 Å². The molecule has 0 radical (unpaired) electrons. The molecular formula is C15H23FN4. The first-order chi connectivity index (χ1) is 9.76. The van der Waals surface area contributed by atoms with Crippen molar-refractivity contribution in [3.05, 3.63) is 23.6 Å². The molecule has 1 aromatic heterocycles. The van der Waals surface area contributed by atoms with Gasteiger partial charge in [0, 0.05) is 44.3 Å². The molecule has 2 aliphatic rings. The number of pyridine rings is 1. The van der Waals surface area contributed by atoms with Crippen LogP contribution in [0.15, 0.2) is 12.3 Å². The average molecular weight is 278 g/mol. The molecule has 1 aromatic rings. The normalized spacial score (nSPS) is 20.4. The predicted octanol–water partition coefficient (Wildman–Crippen LogP) is 1.61. The molecule has 0 bridgehead atoms. The number of hydrogen-bond acceptors (Lipinski definition) is 4. The van der Waals surface area contributed by atoms with Gasteiger partial charge in [-0.15, -0.1) is 0 Å². The van der Waals surface area contributed by atoms with Gasteiger partial charge >= 0.3 is 0 Å². The lowest BCUT2D eigenvalue weighted by atomic mass is 10.2. The van der Waals surface area contributed by atoms with E-state index in [0.717, 1.165) is 50.6 Å². The van der Waals surface area contributed by atoms with Gasteiger partial charge in [0.15, 0.2) is 0 Å². The van der Waals surface area contributed by atoms with Gasteiger partial charge in [0.05, 0.1) is 6.20 Å². The molecule has 1 saturated carbocycles. The van der Waals surface area contributed by atoms with Crippen LogP contribution in [-0.4, -0.2) is 48.6 Å². The van der Waals surface area contributed by atoms with Gasteiger partial charge in [-0.25, -0.2) is 9.37 Å². The summed E-state index contributed by atoms with van der Waals surface area (Å²) in [4.78, 5) is 9.06. The molecule has 0 atom stereocenters. The van der Waals surface area contributed by atoms with Crippen LogP contribution < -0.4 is 10.2 Å². The molecule has 0 amide bonds. The molecule has 1 saturated heterocycles. The lowest BCUT2D eigenvalue weighted by Gasteiger charge is -2.35. The summed E-state index contributed by atoms with van der Waals surface area (Å²) < 4.78 is 13.5. The van der Waals surface area contributed by atoms with Gasteiger partial charge in [0.2, 0.25) is 0 Å². The first-order valence-electron chi connectivity index (χ1n) is 7.61. The van der Waals surface area contributed by atoms with E-state index in [0.29, 0.717) is 6.04 Å². The minimum absolute atomic E-state index is 0.242. The Morgan fingerprint density at radius 3 is 2.70 bits per heavy atom. The summed E-state index contributed by atoms with van der Waals surface area (Å²) >= 11 is 0. The second-order valence-electron chi connectivity index (χ2n) is 5.71. The molecule has 5 heteroatoms. The van der Waals surface area contributed by atoms with Crippen LogP contribution in [0.5, 0.6) is 0 Å². The third kappa shape index (κ3) is 3.27. The average Bonchev–Trinajstić information content (AvgIpc) is 3.30. The van der Waals surface area contributed by atoms with E-state index >= 15 is 0 Å². The number of rotatable bonds is 5. The van der Waals surface area contributed by atoms with Crippen LogP contribution in [-0.2, 0) is 6.54 Å². The Hall–Kier alpha value is -1.20. The third-order valence-electron chi connectivity index (χ3n) is 4.19. The number of piperazine rings is 1. The standard InChI is InChI=1S/C15H23FN4/c1-2-19-5-7-20(8-6-19)15-12(9-13(16)11-18-15)10-17-14-3-4-14/h9,11,14,17H,2-8,10H2,1H3. The SMILES string of the molecule is CCN1CCN(c2ncc(F)cc2CNC2CC2)CC1. The summed E-state index contributed by atoms with van der Waals surface area (Å²) in [5, 5.41) is 3.46. The monoisotopic (exact) mass is 278 g/mol. The van der Waals surface area contributed by atoms with Crippen molar-refractivity contribution in [2.75, 3.05) is 37.6 Å². The number of hydrogen-bond donors (Lipinski definition) is 1. The Labute approximate surface area is 120 Å². The zero-order chi connectivity index (χ0) is 13.9. The highest BCUT2D eigenvalue weighted by atomic mass is 19.1. The highest BCUT2D eigenvalue weighted by Gasteiger charge is 2.23. The maximum absolute atomic E-state index is 13.5. The van der Waals surface area contributed by atoms with Crippen molar-refractivity contribution in [1.29, 1.82) is 0 Å². The van der Waals surface area contributed by atoms with E-state index in [1.807, 2.05) is 0 Å². The summed E-state index contributed by atoms with van der Waals surface area (Å²) in [6, 6.07) is 2.26. The molecule has 0 unspecified atom stereocenters. The summed E-state index contributed by atoms with van der Waals surface area (Å²) in [6.45, 7) is 8.08. The van der Waals surface area contributed by atoms with Gasteiger partial charge in [-0.3, -0.25) is 0 Å². The zero-order valence-corrected chi connectivity index (χ0v) is 12.1. The van der Waals surface area contributed by atoms with Crippen LogP contribution in [0.3, 0.4) is 0 Å². The minimum atomic E-state index is -0.242. The third-order valence-corrected chi connectivity index (χ3v) is 4.19. The van der Waals surface area contributed by atoms with E-state index in [9.17, 15) is 4.39 Å². The largest absolute Gasteiger partial charge is 0.354 e. The second-order valence-corrected chi connectivity index (χ2v) is 5.71. The van der Waals surface area contributed by atoms with Gasteiger partial charge in [0.1, 0.15) is 11.6 Å². The van der Waals surface area contributed by atoms with Crippen molar-refractivity contribution in [2.45, 2.75) is 32.4 Å². The molecule has 1 aliphatic carbocycles. The number of anilines is 1. The van der Waals surface area contributed by atoms with E-state index in [-0.39, 0.29) is 5.82 Å². The van der Waals surface area contributed by atoms with Crippen molar-refractivity contribution in [3.63, 3.8) is 0 Å². The van der Waals surface area contributed by atoms with Crippen LogP contribution in [0, 0.1) is 5.82 Å². The number of halogens is 1. The lowest BCUT2D eigenvalue weighted by molar-refractivity contribution is 0.270. The molecule has 1 aliphatic heterocycles. The number of likely N-dealkylation sites (N-methyl/N-ethyl adjacent to an activating group) is 1. The molecule has 2 heterocycles. The summed E-state index contributed by atoms with van der Waals surface area (Å²) in [7, 11) is 0. The Bertz CT molecular complexity index is 453. The van der Waals surface area contributed by atoms with E-state index < -0.39 is 0 Å². The van der Waals surface area contributed by atoms with E-state index in [2.05, 4.69) is 27.0 Å². The first kappa shape index (κ1) is 13.8. The molecule has 3 rings (SSSR count). The Morgan fingerprint density at radius 2 is 2.05 bits per heavy atom. The molecule has 0 spiro atoms. The molecule has 2 fully saturated rings. The van der Waals surface area contributed by atoms with Crippen LogP contribution in [0.2, 0.25) is 0 Å². The van der Waals surface area contributed by atoms with E-state index in [4.69, 9.17) is 0 Å². The smallest absolute Gasteiger partial charge is 0.141 e. The van der Waals surface area contributed by atoms with E-state index in [1.165, 1.54) is 19.0 Å². The number of nitrogens with zero attached hydrogens (tertiary/aromatic N) is 3. The zero-order valence-electron chi connectivity index (χ0n) is 12.1. The van der Waals surface area contributed by atoms with Gasteiger partial charge < -0.3 is 15.1 Å². The highest BCUT2D eigenvalue weighted by Crippen LogP contribution is 2.23. The molecule has 0 aromatic carbocycles. The van der Waals surface area contributed by atoms with Gasteiger partial charge in [-0.05, 0) is 25.5 Å². The fraction of sp³-hybridized carbons (Fsp3) is 0.667. The summed E-state index contributed by atoms with van der Waals surface area (Å²) in [6.07, 6.45) is 3.82. The second kappa shape index (κ2) is 6.06. The minimum Gasteiger partial charge on any atom is -0.354 e. The number of nitrogens with one attached hydrogen (secondary N) is 1. The quantitative estimate of drug-likeness (QED) is 0.887. The maximum Gasteiger partial charge on any atom is 0.141 e. The molecule has 4 nitrogen and oxygen atoms in total. The van der Waals surface area contributed by atoms with E-state index in [1.54, 1.807) is 6.07 Å². The lowest BCUT2D eigenvalue weighted by Crippen LogP contribution is -2.46. The van der Waals surface area contributed by atoms with Crippen molar-refractivity contribution in [3.8, 4) is 0 Å². The Morgan fingerprint density at radius 1 is 1.30 bits per heavy atom. The van der Waals surface area contributed by atoms with Crippen LogP contribution in [0.1, 0.15) is 25.3 Å².